The fourth-order valence-electron chi connectivity index (χ4n) is 4.03. The Labute approximate surface area is 181 Å². The van der Waals surface area contributed by atoms with Crippen LogP contribution < -0.4 is 10.6 Å². The average Bonchev–Trinajstić information content (AvgIpc) is 3.24. The van der Waals surface area contributed by atoms with Crippen molar-refractivity contribution in [3.05, 3.63) is 66.4 Å². The Kier molecular flexibility index (Phi) is 6.02. The van der Waals surface area contributed by atoms with Crippen LogP contribution in [0.25, 0.3) is 11.1 Å². The second-order valence-corrected chi connectivity index (χ2v) is 7.86. The van der Waals surface area contributed by atoms with Gasteiger partial charge in [-0.25, -0.2) is 0 Å². The number of anilines is 2. The Morgan fingerprint density at radius 3 is 2.61 bits per heavy atom. The molecule has 7 heteroatoms. The van der Waals surface area contributed by atoms with Crippen LogP contribution in [0.4, 0.5) is 11.5 Å². The number of carbonyl (C=O) groups is 2. The molecule has 2 aromatic carbocycles. The number of piperazine rings is 1. The molecule has 1 aromatic heterocycles. The summed E-state index contributed by atoms with van der Waals surface area (Å²) in [6.45, 7) is 2.62. The van der Waals surface area contributed by atoms with E-state index < -0.39 is 0 Å². The van der Waals surface area contributed by atoms with Gasteiger partial charge in [0.2, 0.25) is 5.91 Å². The molecule has 1 atom stereocenters. The molecule has 7 nitrogen and oxygen atoms in total. The van der Waals surface area contributed by atoms with E-state index in [9.17, 15) is 9.59 Å². The normalized spacial score (nSPS) is 16.5. The summed E-state index contributed by atoms with van der Waals surface area (Å²) in [5, 5.41) is 6.52. The number of nitrogens with zero attached hydrogens (tertiary/aromatic N) is 3. The van der Waals surface area contributed by atoms with Gasteiger partial charge in [0.1, 0.15) is 18.1 Å². The number of hydrogen-bond donors (Lipinski definition) is 2. The quantitative estimate of drug-likeness (QED) is 0.639. The predicted molar refractivity (Wildman–Crippen MR) is 122 cm³/mol. The summed E-state index contributed by atoms with van der Waals surface area (Å²) in [5.74, 6) is -0.0775. The number of H-pyrrole nitrogens is 1. The molecule has 0 bridgehead atoms. The van der Waals surface area contributed by atoms with Crippen molar-refractivity contribution in [3.63, 3.8) is 0 Å². The maximum atomic E-state index is 13.1. The monoisotopic (exact) mass is 417 g/mol. The molecule has 0 unspecified atom stereocenters. The van der Waals surface area contributed by atoms with E-state index in [1.807, 2.05) is 42.5 Å². The molecule has 0 saturated carbocycles. The number of aromatic amines is 1. The van der Waals surface area contributed by atoms with Gasteiger partial charge in [-0.1, -0.05) is 62.2 Å². The molecule has 0 aliphatic carbocycles. The minimum atomic E-state index is -0.240. The summed E-state index contributed by atoms with van der Waals surface area (Å²) in [6, 6.07) is 19.5. The Balaban J connectivity index is 1.60. The number of amides is 2. The molecule has 3 N–H and O–H groups in total. The molecule has 1 saturated heterocycles. The molecule has 4 rings (SSSR count). The number of nitrogens with two attached hydrogens (primary N) is 1. The summed E-state index contributed by atoms with van der Waals surface area (Å²) >= 11 is 0. The van der Waals surface area contributed by atoms with E-state index >= 15 is 0 Å². The summed E-state index contributed by atoms with van der Waals surface area (Å²) in [5.41, 5.74) is 8.98. The number of nitrogen functional groups attached to an aromatic ring is 1. The molecule has 1 fully saturated rings. The minimum Gasteiger partial charge on any atom is -0.382 e. The van der Waals surface area contributed by atoms with E-state index in [4.69, 9.17) is 5.73 Å². The van der Waals surface area contributed by atoms with Crippen LogP contribution in [0, 0.1) is 0 Å². The van der Waals surface area contributed by atoms with Crippen molar-refractivity contribution in [3.8, 4) is 11.1 Å². The van der Waals surface area contributed by atoms with E-state index in [1.165, 1.54) is 6.07 Å². The Hall–Kier alpha value is -3.61. The molecule has 1 aliphatic heterocycles. The fraction of sp³-hybridized carbons (Fsp3) is 0.292. The van der Waals surface area contributed by atoms with Gasteiger partial charge in [-0.3, -0.25) is 14.7 Å². The number of nitrogens with one attached hydrogen (secondary N) is 1. The third-order valence-corrected chi connectivity index (χ3v) is 5.69. The molecule has 1 aliphatic rings. The number of aromatic nitrogens is 2. The lowest BCUT2D eigenvalue weighted by Crippen LogP contribution is -2.58. The maximum Gasteiger partial charge on any atom is 0.272 e. The number of hydrogen-bond acceptors (Lipinski definition) is 4. The zero-order chi connectivity index (χ0) is 21.8. The SMILES string of the molecule is CCCC[C@@H]1CN(c2cccc(-c3ccccc3)c2)C(=O)CN1C(=O)c1cc(N)n[nH]1. The van der Waals surface area contributed by atoms with Gasteiger partial charge >= 0.3 is 0 Å². The summed E-state index contributed by atoms with van der Waals surface area (Å²) in [7, 11) is 0. The first-order chi connectivity index (χ1) is 15.1. The van der Waals surface area contributed by atoms with Gasteiger partial charge in [0.05, 0.1) is 6.04 Å². The second kappa shape index (κ2) is 9.04. The third-order valence-electron chi connectivity index (χ3n) is 5.69. The van der Waals surface area contributed by atoms with Gasteiger partial charge in [-0.05, 0) is 29.7 Å². The van der Waals surface area contributed by atoms with E-state index in [2.05, 4.69) is 29.3 Å². The zero-order valence-corrected chi connectivity index (χ0v) is 17.6. The predicted octanol–water partition coefficient (Wildman–Crippen LogP) is 3.71. The Morgan fingerprint density at radius 1 is 1.13 bits per heavy atom. The van der Waals surface area contributed by atoms with Crippen LogP contribution in [0.2, 0.25) is 0 Å². The third kappa shape index (κ3) is 4.45. The standard InChI is InChI=1S/C24H27N5O2/c1-2-3-11-20-15-28(19-12-7-10-18(13-19)17-8-5-4-6-9-17)23(30)16-29(20)24(31)21-14-22(25)27-26-21/h4-10,12-14,20H,2-3,11,15-16H2,1H3,(H3,25,26,27)/t20-/m1/s1. The van der Waals surface area contributed by atoms with E-state index in [1.54, 1.807) is 9.80 Å². The van der Waals surface area contributed by atoms with Crippen LogP contribution in [0.5, 0.6) is 0 Å². The van der Waals surface area contributed by atoms with Crippen molar-refractivity contribution in [2.75, 3.05) is 23.7 Å². The van der Waals surface area contributed by atoms with Crippen LogP contribution in [0.15, 0.2) is 60.7 Å². The van der Waals surface area contributed by atoms with E-state index in [0.29, 0.717) is 12.2 Å². The van der Waals surface area contributed by atoms with Crippen LogP contribution in [0.1, 0.15) is 36.7 Å². The molecule has 2 amide bonds. The largest absolute Gasteiger partial charge is 0.382 e. The van der Waals surface area contributed by atoms with Gasteiger partial charge in [0.25, 0.3) is 5.91 Å². The van der Waals surface area contributed by atoms with Gasteiger partial charge in [-0.15, -0.1) is 0 Å². The maximum absolute atomic E-state index is 13.1. The van der Waals surface area contributed by atoms with Crippen molar-refractivity contribution < 1.29 is 9.59 Å². The lowest BCUT2D eigenvalue weighted by Gasteiger charge is -2.41. The molecule has 0 radical (unpaired) electrons. The van der Waals surface area contributed by atoms with Gasteiger partial charge in [0.15, 0.2) is 0 Å². The smallest absolute Gasteiger partial charge is 0.272 e. The second-order valence-electron chi connectivity index (χ2n) is 7.86. The molecule has 2 heterocycles. The highest BCUT2D eigenvalue weighted by Crippen LogP contribution is 2.28. The van der Waals surface area contributed by atoms with Gasteiger partial charge in [0, 0.05) is 18.3 Å². The van der Waals surface area contributed by atoms with Crippen LogP contribution in [0.3, 0.4) is 0 Å². The van der Waals surface area contributed by atoms with Gasteiger partial charge < -0.3 is 15.5 Å². The van der Waals surface area contributed by atoms with E-state index in [0.717, 1.165) is 36.1 Å². The highest BCUT2D eigenvalue weighted by molar-refractivity contribution is 6.01. The van der Waals surface area contributed by atoms with Gasteiger partial charge in [-0.2, -0.15) is 5.10 Å². The Morgan fingerprint density at radius 2 is 1.90 bits per heavy atom. The molecule has 31 heavy (non-hydrogen) atoms. The fourth-order valence-corrected chi connectivity index (χ4v) is 4.03. The zero-order valence-electron chi connectivity index (χ0n) is 17.6. The number of benzene rings is 2. The van der Waals surface area contributed by atoms with E-state index in [-0.39, 0.29) is 30.2 Å². The number of carbonyl (C=O) groups excluding carboxylic acids is 2. The minimum absolute atomic E-state index is 0.0295. The highest BCUT2D eigenvalue weighted by atomic mass is 16.2. The molecule has 3 aromatic rings. The summed E-state index contributed by atoms with van der Waals surface area (Å²) in [4.78, 5) is 29.6. The molecular weight excluding hydrogens is 390 g/mol. The molecule has 0 spiro atoms. The molecular formula is C24H27N5O2. The van der Waals surface area contributed by atoms with Crippen molar-refractivity contribution in [1.29, 1.82) is 0 Å². The van der Waals surface area contributed by atoms with Crippen molar-refractivity contribution >= 4 is 23.3 Å². The van der Waals surface area contributed by atoms with Crippen LogP contribution in [-0.4, -0.2) is 46.0 Å². The lowest BCUT2D eigenvalue weighted by molar-refractivity contribution is -0.121. The highest BCUT2D eigenvalue weighted by Gasteiger charge is 2.36. The van der Waals surface area contributed by atoms with Crippen molar-refractivity contribution in [1.82, 2.24) is 15.1 Å². The summed E-state index contributed by atoms with van der Waals surface area (Å²) < 4.78 is 0. The Bertz CT molecular complexity index is 1060. The first-order valence-corrected chi connectivity index (χ1v) is 10.6. The average molecular weight is 418 g/mol. The number of rotatable bonds is 6. The summed E-state index contributed by atoms with van der Waals surface area (Å²) in [6.07, 6.45) is 2.83. The first kappa shape index (κ1) is 20.7. The molecule has 160 valence electrons. The topological polar surface area (TPSA) is 95.3 Å². The van der Waals surface area contributed by atoms with Crippen LogP contribution >= 0.6 is 0 Å². The van der Waals surface area contributed by atoms with Crippen molar-refractivity contribution in [2.45, 2.75) is 32.2 Å². The number of unbranched alkanes of at least 4 members (excludes halogenated alkanes) is 1. The first-order valence-electron chi connectivity index (χ1n) is 10.6. The van der Waals surface area contributed by atoms with Crippen molar-refractivity contribution in [2.24, 2.45) is 0 Å². The van der Waals surface area contributed by atoms with Crippen LogP contribution in [-0.2, 0) is 4.79 Å². The lowest BCUT2D eigenvalue weighted by atomic mass is 10.0.